The van der Waals surface area contributed by atoms with Crippen LogP contribution >= 0.6 is 12.0 Å². The fraction of sp³-hybridized carbons (Fsp3) is 0.794. The van der Waals surface area contributed by atoms with Crippen molar-refractivity contribution in [1.82, 2.24) is 0 Å². The van der Waals surface area contributed by atoms with Gasteiger partial charge >= 0.3 is 0 Å². The molecule has 0 N–H and O–H groups in total. The molecule has 15 nitrogen and oxygen atoms in total. The van der Waals surface area contributed by atoms with Crippen molar-refractivity contribution in [1.29, 1.82) is 0 Å². The van der Waals surface area contributed by atoms with Gasteiger partial charge in [0.05, 0.1) is 150 Å². The molecular formula is C34H59NO14S. The van der Waals surface area contributed by atoms with Crippen LogP contribution in [0.3, 0.4) is 0 Å². The third kappa shape index (κ3) is 20.1. The smallest absolute Gasteiger partial charge is 0.209 e. The number of fused-ring (bicyclic) bond motifs is 1. The maximum Gasteiger partial charge on any atom is 0.209 e. The van der Waals surface area contributed by atoms with Crippen LogP contribution in [0.4, 0.5) is 5.69 Å². The van der Waals surface area contributed by atoms with Crippen LogP contribution in [0.25, 0.3) is 0 Å². The van der Waals surface area contributed by atoms with Crippen LogP contribution in [0.5, 0.6) is 0 Å². The molecule has 0 unspecified atom stereocenters. The van der Waals surface area contributed by atoms with E-state index in [1.54, 1.807) is 7.11 Å². The lowest BCUT2D eigenvalue weighted by Gasteiger charge is -2.15. The molecule has 0 bridgehead atoms. The molecule has 1 heterocycles. The Morgan fingerprint density at radius 1 is 0.560 bits per heavy atom. The molecule has 1 aromatic carbocycles. The van der Waals surface area contributed by atoms with Gasteiger partial charge < -0.3 is 57.4 Å². The van der Waals surface area contributed by atoms with Gasteiger partial charge in [-0.1, -0.05) is 0 Å². The first-order valence-corrected chi connectivity index (χ1v) is 17.9. The molecule has 0 fully saturated rings. The predicted octanol–water partition coefficient (Wildman–Crippen LogP) is 2.13. The second-order valence-electron chi connectivity index (χ2n) is 11.4. The molecule has 50 heavy (non-hydrogen) atoms. The van der Waals surface area contributed by atoms with Gasteiger partial charge in [0.25, 0.3) is 0 Å². The quantitative estimate of drug-likeness (QED) is 0.0326. The number of nitrogens with zero attached hydrogens (tertiary/aromatic N) is 1. The van der Waals surface area contributed by atoms with Crippen LogP contribution in [0.15, 0.2) is 23.1 Å². The van der Waals surface area contributed by atoms with Crippen molar-refractivity contribution in [2.75, 3.05) is 152 Å². The highest BCUT2D eigenvalue weighted by atomic mass is 32.2. The second kappa shape index (κ2) is 30.2. The standard InChI is InChI=1S/C34H59NO14S/c1-30-34(2,3)32-29-31(50-49-48-36)5-6-33(32)35(30)7-8-38-11-12-40-15-16-42-19-20-44-23-24-46-27-28-47-26-25-45-22-21-43-18-17-41-14-13-39-10-9-37-4/h5-6,29H,7-28H2,1-4H3. The third-order valence-electron chi connectivity index (χ3n) is 7.64. The summed E-state index contributed by atoms with van der Waals surface area (Å²) >= 11 is 0.902. The Hall–Kier alpha value is -1.32. The molecule has 0 saturated heterocycles. The average Bonchev–Trinajstić information content (AvgIpc) is 3.30. The Kier molecular flexibility index (Phi) is 27.1. The van der Waals surface area contributed by atoms with Crippen LogP contribution in [0, 0.1) is 0 Å². The van der Waals surface area contributed by atoms with Crippen molar-refractivity contribution in [3.8, 4) is 0 Å². The van der Waals surface area contributed by atoms with Crippen molar-refractivity contribution < 1.29 is 71.3 Å². The van der Waals surface area contributed by atoms with E-state index in [1.807, 2.05) is 18.2 Å². The van der Waals surface area contributed by atoms with E-state index in [-0.39, 0.29) is 5.41 Å². The van der Waals surface area contributed by atoms with Gasteiger partial charge in [0, 0.05) is 30.6 Å². The molecule has 2 rings (SSSR count). The fourth-order valence-electron chi connectivity index (χ4n) is 4.74. The molecule has 0 aliphatic carbocycles. The summed E-state index contributed by atoms with van der Waals surface area (Å²) in [6.07, 6.45) is 0. The normalized spacial score (nSPS) is 13.9. The topological polar surface area (TPSA) is 146 Å². The largest absolute Gasteiger partial charge is 0.691 e. The summed E-state index contributed by atoms with van der Waals surface area (Å²) in [6.45, 7) is 18.2. The SMILES string of the molecule is COCCOCCOCCOCCOCCOCCOCCOCCOCCOCCOCC[N+]1=C(C)C(C)(C)c2cc(SOO[O-])ccc21. The first kappa shape index (κ1) is 44.8. The van der Waals surface area contributed by atoms with Crippen molar-refractivity contribution in [2.24, 2.45) is 0 Å². The Balaban J connectivity index is 1.27. The molecule has 0 spiro atoms. The lowest BCUT2D eigenvalue weighted by Crippen LogP contribution is -2.27. The van der Waals surface area contributed by atoms with Gasteiger partial charge in [-0.2, -0.15) is 8.91 Å². The van der Waals surface area contributed by atoms with Gasteiger partial charge in [0.2, 0.25) is 5.69 Å². The van der Waals surface area contributed by atoms with Gasteiger partial charge in [-0.05, 0) is 26.0 Å². The summed E-state index contributed by atoms with van der Waals surface area (Å²) < 4.78 is 66.7. The van der Waals surface area contributed by atoms with Crippen LogP contribution < -0.4 is 5.26 Å². The number of hydrogen-bond acceptors (Lipinski definition) is 15. The van der Waals surface area contributed by atoms with E-state index < -0.39 is 0 Å². The number of rotatable bonds is 36. The van der Waals surface area contributed by atoms with Gasteiger partial charge in [0.1, 0.15) is 6.61 Å². The summed E-state index contributed by atoms with van der Waals surface area (Å²) in [4.78, 5) is 0.808. The van der Waals surface area contributed by atoms with Gasteiger partial charge in [-0.25, -0.2) is 0 Å². The molecule has 0 radical (unpaired) electrons. The minimum atomic E-state index is -0.144. The first-order chi connectivity index (χ1) is 24.5. The summed E-state index contributed by atoms with van der Waals surface area (Å²) in [7, 11) is 1.64. The van der Waals surface area contributed by atoms with Crippen LogP contribution in [-0.2, 0) is 66.9 Å². The van der Waals surface area contributed by atoms with E-state index in [0.717, 1.165) is 29.2 Å². The Morgan fingerprint density at radius 3 is 1.28 bits per heavy atom. The molecule has 1 aromatic rings. The second-order valence-corrected chi connectivity index (χ2v) is 12.2. The van der Waals surface area contributed by atoms with E-state index in [0.29, 0.717) is 139 Å². The minimum Gasteiger partial charge on any atom is -0.691 e. The van der Waals surface area contributed by atoms with Crippen molar-refractivity contribution >= 4 is 23.4 Å². The van der Waals surface area contributed by atoms with Gasteiger partial charge in [-0.15, -0.1) is 0 Å². The first-order valence-electron chi connectivity index (χ1n) is 17.2. The van der Waals surface area contributed by atoms with Crippen LogP contribution in [-0.4, -0.2) is 163 Å². The van der Waals surface area contributed by atoms with E-state index in [1.165, 1.54) is 11.3 Å². The Labute approximate surface area is 301 Å². The molecule has 0 amide bonds. The summed E-state index contributed by atoms with van der Waals surface area (Å²) in [5.74, 6) is 0. The third-order valence-corrected chi connectivity index (χ3v) is 8.21. The monoisotopic (exact) mass is 737 g/mol. The predicted molar refractivity (Wildman–Crippen MR) is 183 cm³/mol. The number of hydrogen-bond donors (Lipinski definition) is 0. The highest BCUT2D eigenvalue weighted by molar-refractivity contribution is 7.94. The number of benzene rings is 1. The lowest BCUT2D eigenvalue weighted by atomic mass is 9.82. The van der Waals surface area contributed by atoms with Gasteiger partial charge in [-0.3, -0.25) is 5.04 Å². The maximum atomic E-state index is 10.2. The summed E-state index contributed by atoms with van der Waals surface area (Å²) in [6, 6.07) is 5.97. The van der Waals surface area contributed by atoms with Crippen molar-refractivity contribution in [3.05, 3.63) is 23.8 Å². The van der Waals surface area contributed by atoms with Crippen molar-refractivity contribution in [2.45, 2.75) is 31.1 Å². The minimum absolute atomic E-state index is 0.144. The molecule has 0 atom stereocenters. The molecule has 16 heteroatoms. The number of ether oxygens (including phenoxy) is 11. The van der Waals surface area contributed by atoms with Crippen LogP contribution in [0.2, 0.25) is 0 Å². The lowest BCUT2D eigenvalue weighted by molar-refractivity contribution is -0.777. The zero-order valence-corrected chi connectivity index (χ0v) is 31.2. The Morgan fingerprint density at radius 2 is 0.920 bits per heavy atom. The fourth-order valence-corrected chi connectivity index (χ4v) is 5.13. The zero-order valence-electron chi connectivity index (χ0n) is 30.4. The maximum absolute atomic E-state index is 10.2. The molecule has 1 aliphatic heterocycles. The molecule has 0 aromatic heterocycles. The molecule has 290 valence electrons. The highest BCUT2D eigenvalue weighted by Gasteiger charge is 2.43. The number of methoxy groups -OCH3 is 1. The van der Waals surface area contributed by atoms with E-state index in [2.05, 4.69) is 34.7 Å². The van der Waals surface area contributed by atoms with Crippen molar-refractivity contribution in [3.63, 3.8) is 0 Å². The molecule has 0 saturated carbocycles. The average molecular weight is 738 g/mol. The van der Waals surface area contributed by atoms with E-state index in [9.17, 15) is 5.26 Å². The molecular weight excluding hydrogens is 678 g/mol. The Bertz CT molecular complexity index is 1000. The van der Waals surface area contributed by atoms with E-state index in [4.69, 9.17) is 52.1 Å². The molecule has 1 aliphatic rings. The zero-order chi connectivity index (χ0) is 36.0. The van der Waals surface area contributed by atoms with Gasteiger partial charge in [0.15, 0.2) is 12.3 Å². The van der Waals surface area contributed by atoms with E-state index >= 15 is 0 Å². The summed E-state index contributed by atoms with van der Waals surface area (Å²) in [5.41, 5.74) is 3.39. The highest BCUT2D eigenvalue weighted by Crippen LogP contribution is 2.41. The van der Waals surface area contributed by atoms with Crippen LogP contribution in [0.1, 0.15) is 26.3 Å². The summed E-state index contributed by atoms with van der Waals surface area (Å²) in [5, 5.41) is 13.6.